The van der Waals surface area contributed by atoms with E-state index in [1.165, 1.54) is 37.1 Å². The third-order valence-corrected chi connectivity index (χ3v) is 4.07. The molecule has 0 radical (unpaired) electrons. The van der Waals surface area contributed by atoms with Crippen molar-refractivity contribution in [3.05, 3.63) is 42.0 Å². The van der Waals surface area contributed by atoms with Crippen molar-refractivity contribution in [2.24, 2.45) is 7.05 Å². The van der Waals surface area contributed by atoms with Gasteiger partial charge in [0.2, 0.25) is 0 Å². The molecule has 3 nitrogen and oxygen atoms in total. The van der Waals surface area contributed by atoms with Gasteiger partial charge in [-0.05, 0) is 37.1 Å². The molecule has 1 aliphatic rings. The number of nitrogens with one attached hydrogen (secondary N) is 1. The van der Waals surface area contributed by atoms with Crippen molar-refractivity contribution in [2.75, 3.05) is 6.54 Å². The summed E-state index contributed by atoms with van der Waals surface area (Å²) in [6, 6.07) is 7.18. The van der Waals surface area contributed by atoms with Gasteiger partial charge in [-0.2, -0.15) is 5.10 Å². The van der Waals surface area contributed by atoms with Crippen molar-refractivity contribution in [1.29, 1.82) is 0 Å². The Morgan fingerprint density at radius 1 is 1.30 bits per heavy atom. The number of benzene rings is 1. The maximum Gasteiger partial charge on any atom is 0.123 e. The monoisotopic (exact) mass is 273 g/mol. The summed E-state index contributed by atoms with van der Waals surface area (Å²) in [6.45, 7) is 1.11. The third-order valence-electron chi connectivity index (χ3n) is 4.07. The Kier molecular flexibility index (Phi) is 3.83. The number of aromatic nitrogens is 2. The maximum atomic E-state index is 13.1. The second kappa shape index (κ2) is 5.75. The molecule has 1 unspecified atom stereocenters. The van der Waals surface area contributed by atoms with Crippen LogP contribution in [0.4, 0.5) is 4.39 Å². The van der Waals surface area contributed by atoms with Gasteiger partial charge < -0.3 is 5.32 Å². The molecular weight excluding hydrogens is 253 g/mol. The van der Waals surface area contributed by atoms with Crippen LogP contribution in [0.1, 0.15) is 25.0 Å². The standard InChI is InChI=1S/C16H20FN3/c1-20-16(10-14-4-2-3-9-18-14)15(11-19-20)12-5-7-13(17)8-6-12/h5-8,11,14,18H,2-4,9-10H2,1H3. The molecule has 0 amide bonds. The van der Waals surface area contributed by atoms with E-state index >= 15 is 0 Å². The van der Waals surface area contributed by atoms with Gasteiger partial charge in [-0.3, -0.25) is 4.68 Å². The van der Waals surface area contributed by atoms with E-state index in [4.69, 9.17) is 0 Å². The molecule has 1 aliphatic heterocycles. The van der Waals surface area contributed by atoms with Gasteiger partial charge >= 0.3 is 0 Å². The van der Waals surface area contributed by atoms with Crippen LogP contribution in [0.3, 0.4) is 0 Å². The fraction of sp³-hybridized carbons (Fsp3) is 0.438. The molecule has 0 aliphatic carbocycles. The number of hydrogen-bond acceptors (Lipinski definition) is 2. The zero-order valence-electron chi connectivity index (χ0n) is 11.8. The smallest absolute Gasteiger partial charge is 0.123 e. The second-order valence-corrected chi connectivity index (χ2v) is 5.49. The van der Waals surface area contributed by atoms with E-state index in [0.717, 1.165) is 24.1 Å². The van der Waals surface area contributed by atoms with Crippen molar-refractivity contribution >= 4 is 0 Å². The molecule has 1 atom stereocenters. The molecule has 20 heavy (non-hydrogen) atoms. The van der Waals surface area contributed by atoms with E-state index in [2.05, 4.69) is 10.4 Å². The number of hydrogen-bond donors (Lipinski definition) is 1. The Balaban J connectivity index is 1.86. The van der Waals surface area contributed by atoms with Gasteiger partial charge in [0.05, 0.1) is 6.20 Å². The maximum absolute atomic E-state index is 13.1. The summed E-state index contributed by atoms with van der Waals surface area (Å²) >= 11 is 0. The van der Waals surface area contributed by atoms with Crippen LogP contribution in [0, 0.1) is 5.82 Å². The molecule has 2 heterocycles. The van der Waals surface area contributed by atoms with E-state index in [9.17, 15) is 4.39 Å². The second-order valence-electron chi connectivity index (χ2n) is 5.49. The van der Waals surface area contributed by atoms with Gasteiger partial charge in [-0.25, -0.2) is 4.39 Å². The first-order valence-corrected chi connectivity index (χ1v) is 7.24. The molecule has 1 aromatic carbocycles. The number of halogens is 1. The van der Waals surface area contributed by atoms with Crippen molar-refractivity contribution < 1.29 is 4.39 Å². The largest absolute Gasteiger partial charge is 0.314 e. The highest BCUT2D eigenvalue weighted by molar-refractivity contribution is 5.65. The first-order valence-electron chi connectivity index (χ1n) is 7.24. The normalized spacial score (nSPS) is 19.2. The van der Waals surface area contributed by atoms with Gasteiger partial charge in [0.1, 0.15) is 5.82 Å². The minimum Gasteiger partial charge on any atom is -0.314 e. The fourth-order valence-electron chi connectivity index (χ4n) is 2.91. The number of rotatable bonds is 3. The summed E-state index contributed by atoms with van der Waals surface area (Å²) in [5, 5.41) is 7.95. The van der Waals surface area contributed by atoms with Gasteiger partial charge in [0, 0.05) is 30.8 Å². The lowest BCUT2D eigenvalue weighted by molar-refractivity contribution is 0.393. The molecule has 1 aromatic heterocycles. The summed E-state index contributed by atoms with van der Waals surface area (Å²) in [5.74, 6) is -0.201. The number of nitrogens with zero attached hydrogens (tertiary/aromatic N) is 2. The van der Waals surface area contributed by atoms with Gasteiger partial charge in [-0.15, -0.1) is 0 Å². The molecular formula is C16H20FN3. The van der Waals surface area contributed by atoms with Crippen molar-refractivity contribution in [1.82, 2.24) is 15.1 Å². The Morgan fingerprint density at radius 2 is 2.10 bits per heavy atom. The molecule has 0 bridgehead atoms. The highest BCUT2D eigenvalue weighted by atomic mass is 19.1. The van der Waals surface area contributed by atoms with Crippen LogP contribution in [-0.4, -0.2) is 22.4 Å². The summed E-state index contributed by atoms with van der Waals surface area (Å²) in [7, 11) is 1.98. The molecule has 2 aromatic rings. The molecule has 1 fully saturated rings. The van der Waals surface area contributed by atoms with Gasteiger partial charge in [-0.1, -0.05) is 18.6 Å². The number of piperidine rings is 1. The predicted octanol–water partition coefficient (Wildman–Crippen LogP) is 2.91. The topological polar surface area (TPSA) is 29.9 Å². The average Bonchev–Trinajstić information content (AvgIpc) is 2.83. The van der Waals surface area contributed by atoms with E-state index in [1.54, 1.807) is 0 Å². The molecule has 1 saturated heterocycles. The number of aryl methyl sites for hydroxylation is 1. The van der Waals surface area contributed by atoms with Crippen LogP contribution >= 0.6 is 0 Å². The zero-order valence-corrected chi connectivity index (χ0v) is 11.8. The van der Waals surface area contributed by atoms with Crippen molar-refractivity contribution in [3.63, 3.8) is 0 Å². The lowest BCUT2D eigenvalue weighted by Crippen LogP contribution is -2.36. The van der Waals surface area contributed by atoms with E-state index in [1.807, 2.05) is 30.1 Å². The first-order chi connectivity index (χ1) is 9.74. The molecule has 106 valence electrons. The Labute approximate surface area is 118 Å². The Morgan fingerprint density at radius 3 is 2.80 bits per heavy atom. The van der Waals surface area contributed by atoms with Crippen LogP contribution in [-0.2, 0) is 13.5 Å². The van der Waals surface area contributed by atoms with Crippen molar-refractivity contribution in [3.8, 4) is 11.1 Å². The van der Waals surface area contributed by atoms with Crippen LogP contribution in [0.5, 0.6) is 0 Å². The predicted molar refractivity (Wildman–Crippen MR) is 77.9 cm³/mol. The molecule has 4 heteroatoms. The van der Waals surface area contributed by atoms with Crippen LogP contribution in [0.25, 0.3) is 11.1 Å². The molecule has 1 N–H and O–H groups in total. The molecule has 0 spiro atoms. The summed E-state index contributed by atoms with van der Waals surface area (Å²) in [5.41, 5.74) is 3.36. The van der Waals surface area contributed by atoms with Crippen LogP contribution in [0.2, 0.25) is 0 Å². The third kappa shape index (κ3) is 2.75. The zero-order chi connectivity index (χ0) is 13.9. The van der Waals surface area contributed by atoms with Gasteiger partial charge in [0.25, 0.3) is 0 Å². The van der Waals surface area contributed by atoms with Crippen LogP contribution in [0.15, 0.2) is 30.5 Å². The van der Waals surface area contributed by atoms with E-state index < -0.39 is 0 Å². The van der Waals surface area contributed by atoms with Gasteiger partial charge in [0.15, 0.2) is 0 Å². The Hall–Kier alpha value is -1.68. The highest BCUT2D eigenvalue weighted by Crippen LogP contribution is 2.25. The van der Waals surface area contributed by atoms with E-state index in [-0.39, 0.29) is 5.82 Å². The fourth-order valence-corrected chi connectivity index (χ4v) is 2.91. The minimum atomic E-state index is -0.201. The molecule has 3 rings (SSSR count). The van der Waals surface area contributed by atoms with E-state index in [0.29, 0.717) is 6.04 Å². The summed E-state index contributed by atoms with van der Waals surface area (Å²) < 4.78 is 15.0. The summed E-state index contributed by atoms with van der Waals surface area (Å²) in [6.07, 6.45) is 6.64. The quantitative estimate of drug-likeness (QED) is 0.932. The highest BCUT2D eigenvalue weighted by Gasteiger charge is 2.18. The first kappa shape index (κ1) is 13.3. The summed E-state index contributed by atoms with van der Waals surface area (Å²) in [4.78, 5) is 0. The minimum absolute atomic E-state index is 0.201. The SMILES string of the molecule is Cn1ncc(-c2ccc(F)cc2)c1CC1CCCCN1. The van der Waals surface area contributed by atoms with Crippen molar-refractivity contribution in [2.45, 2.75) is 31.7 Å². The lowest BCUT2D eigenvalue weighted by atomic mass is 9.97. The molecule has 0 saturated carbocycles. The average molecular weight is 273 g/mol. The lowest BCUT2D eigenvalue weighted by Gasteiger charge is -2.24. The van der Waals surface area contributed by atoms with Crippen LogP contribution < -0.4 is 5.32 Å². The Bertz CT molecular complexity index is 568.